The summed E-state index contributed by atoms with van der Waals surface area (Å²) in [6.07, 6.45) is -2.96. The molecule has 1 aromatic carbocycles. The van der Waals surface area contributed by atoms with Gasteiger partial charge in [0.1, 0.15) is 11.9 Å². The van der Waals surface area contributed by atoms with Gasteiger partial charge < -0.3 is 10.0 Å². The van der Waals surface area contributed by atoms with Crippen molar-refractivity contribution in [3.05, 3.63) is 41.9 Å². The Hall–Kier alpha value is -2.84. The van der Waals surface area contributed by atoms with Gasteiger partial charge >= 0.3 is 12.1 Å². The minimum atomic E-state index is -4.62. The molecule has 14 heteroatoms. The van der Waals surface area contributed by atoms with Crippen LogP contribution in [0, 0.1) is 0 Å². The number of thiazole rings is 1. The molecule has 1 aliphatic rings. The Kier molecular flexibility index (Phi) is 6.26. The zero-order chi connectivity index (χ0) is 25.8. The highest BCUT2D eigenvalue weighted by molar-refractivity contribution is 7.89. The van der Waals surface area contributed by atoms with E-state index >= 15 is 0 Å². The predicted molar refractivity (Wildman–Crippen MR) is 123 cm³/mol. The smallest absolute Gasteiger partial charge is 0.416 e. The number of carboxylic acids is 1. The summed E-state index contributed by atoms with van der Waals surface area (Å²) in [4.78, 5) is 26.6. The number of rotatable bonds is 4. The van der Waals surface area contributed by atoms with E-state index in [1.807, 2.05) is 20.8 Å². The largest absolute Gasteiger partial charge is 0.480 e. The van der Waals surface area contributed by atoms with Gasteiger partial charge in [0, 0.05) is 25.0 Å². The number of carbonyl (C=O) groups is 1. The fourth-order valence-corrected chi connectivity index (χ4v) is 6.08. The number of hydrogen-bond acceptors (Lipinski definition) is 8. The first-order valence-corrected chi connectivity index (χ1v) is 12.7. The molecule has 9 nitrogen and oxygen atoms in total. The molecule has 2 aromatic heterocycles. The third-order valence-electron chi connectivity index (χ3n) is 5.48. The summed E-state index contributed by atoms with van der Waals surface area (Å²) in [5, 5.41) is 10.3. The van der Waals surface area contributed by atoms with Crippen LogP contribution in [0.4, 0.5) is 18.3 Å². The fraction of sp³-hybridized carbons (Fsp3) is 0.429. The van der Waals surface area contributed by atoms with Crippen LogP contribution in [0.1, 0.15) is 32.2 Å². The van der Waals surface area contributed by atoms with Gasteiger partial charge in [0.05, 0.1) is 21.4 Å². The van der Waals surface area contributed by atoms with Crippen LogP contribution in [0.15, 0.2) is 35.4 Å². The van der Waals surface area contributed by atoms with Crippen LogP contribution >= 0.6 is 11.3 Å². The van der Waals surface area contributed by atoms with Crippen LogP contribution in [0.3, 0.4) is 0 Å². The first-order chi connectivity index (χ1) is 16.2. The van der Waals surface area contributed by atoms with E-state index in [1.54, 1.807) is 11.1 Å². The zero-order valence-corrected chi connectivity index (χ0v) is 20.6. The molecule has 0 spiro atoms. The number of piperazine rings is 1. The number of aliphatic carboxylic acids is 1. The van der Waals surface area contributed by atoms with Crippen molar-refractivity contribution < 1.29 is 31.5 Å². The van der Waals surface area contributed by atoms with Crippen molar-refractivity contribution >= 4 is 42.8 Å². The number of sulfonamides is 1. The van der Waals surface area contributed by atoms with Crippen molar-refractivity contribution in [1.29, 1.82) is 0 Å². The van der Waals surface area contributed by atoms with Gasteiger partial charge in [-0.15, -0.1) is 0 Å². The maximum Gasteiger partial charge on any atom is 0.416 e. The van der Waals surface area contributed by atoms with Gasteiger partial charge in [-0.25, -0.2) is 18.4 Å². The van der Waals surface area contributed by atoms with Gasteiger partial charge in [-0.2, -0.15) is 22.5 Å². The molecule has 0 bridgehead atoms. The van der Waals surface area contributed by atoms with Gasteiger partial charge in [0.15, 0.2) is 10.8 Å². The summed E-state index contributed by atoms with van der Waals surface area (Å²) in [6, 6.07) is 1.53. The molecule has 1 fully saturated rings. The minimum absolute atomic E-state index is 0.142. The maximum atomic E-state index is 13.1. The lowest BCUT2D eigenvalue weighted by molar-refractivity contribution is -0.141. The molecule has 1 aliphatic heterocycles. The average molecular weight is 530 g/mol. The third-order valence-corrected chi connectivity index (χ3v) is 8.45. The molecule has 0 aliphatic carbocycles. The number of alkyl halides is 3. The highest BCUT2D eigenvalue weighted by atomic mass is 32.2. The van der Waals surface area contributed by atoms with E-state index in [1.165, 1.54) is 11.3 Å². The molecule has 1 N–H and O–H groups in total. The molecule has 0 unspecified atom stereocenters. The molecule has 1 saturated heterocycles. The number of benzene rings is 1. The molecule has 3 heterocycles. The topological polar surface area (TPSA) is 117 Å². The molecule has 0 radical (unpaired) electrons. The fourth-order valence-electron chi connectivity index (χ4n) is 3.60. The summed E-state index contributed by atoms with van der Waals surface area (Å²) in [7, 11) is -4.35. The number of anilines is 1. The monoisotopic (exact) mass is 529 g/mol. The van der Waals surface area contributed by atoms with Crippen molar-refractivity contribution in [2.45, 2.75) is 43.3 Å². The van der Waals surface area contributed by atoms with Crippen LogP contribution in [0.5, 0.6) is 0 Å². The van der Waals surface area contributed by atoms with Crippen molar-refractivity contribution in [3.8, 4) is 0 Å². The number of halogens is 3. The van der Waals surface area contributed by atoms with Crippen molar-refractivity contribution in [2.24, 2.45) is 0 Å². The SMILES string of the molecule is CC(C)(C)c1ncc2sc(N3CCN(S(=O)(=O)c4ccc(C(F)(F)F)cc4)[C@@H](C(=O)O)C3)nc2n1. The Bertz CT molecular complexity index is 1370. The first kappa shape index (κ1) is 25.3. The predicted octanol–water partition coefficient (Wildman–Crippen LogP) is 3.37. The third kappa shape index (κ3) is 4.95. The van der Waals surface area contributed by atoms with Gasteiger partial charge in [-0.1, -0.05) is 32.1 Å². The van der Waals surface area contributed by atoms with Crippen LogP contribution in [0.25, 0.3) is 10.3 Å². The molecule has 188 valence electrons. The van der Waals surface area contributed by atoms with Gasteiger partial charge in [-0.05, 0) is 24.3 Å². The zero-order valence-electron chi connectivity index (χ0n) is 18.9. The van der Waals surface area contributed by atoms with Gasteiger partial charge in [0.2, 0.25) is 10.0 Å². The Labute approximate surface area is 203 Å². The highest BCUT2D eigenvalue weighted by Gasteiger charge is 2.41. The lowest BCUT2D eigenvalue weighted by atomic mass is 9.96. The van der Waals surface area contributed by atoms with Crippen LogP contribution in [0.2, 0.25) is 0 Å². The molecule has 4 rings (SSSR count). The Morgan fingerprint density at radius 2 is 1.77 bits per heavy atom. The Morgan fingerprint density at radius 1 is 1.11 bits per heavy atom. The number of fused-ring (bicyclic) bond motifs is 1. The summed E-state index contributed by atoms with van der Waals surface area (Å²) in [6.45, 7) is 5.67. The van der Waals surface area contributed by atoms with E-state index in [4.69, 9.17) is 0 Å². The quantitative estimate of drug-likeness (QED) is 0.547. The first-order valence-electron chi connectivity index (χ1n) is 10.5. The van der Waals surface area contributed by atoms with Crippen LogP contribution in [-0.4, -0.2) is 64.4 Å². The highest BCUT2D eigenvalue weighted by Crippen LogP contribution is 2.33. The van der Waals surface area contributed by atoms with E-state index in [-0.39, 0.29) is 25.0 Å². The molecular weight excluding hydrogens is 507 g/mol. The normalized spacial score (nSPS) is 18.2. The number of nitrogens with zero attached hydrogens (tertiary/aromatic N) is 5. The van der Waals surface area contributed by atoms with Crippen molar-refractivity contribution in [2.75, 3.05) is 24.5 Å². The Morgan fingerprint density at radius 3 is 2.34 bits per heavy atom. The molecule has 0 amide bonds. The number of aromatic nitrogens is 3. The van der Waals surface area contributed by atoms with Crippen molar-refractivity contribution in [1.82, 2.24) is 19.3 Å². The van der Waals surface area contributed by atoms with E-state index < -0.39 is 38.7 Å². The van der Waals surface area contributed by atoms with Gasteiger partial charge in [-0.3, -0.25) is 4.79 Å². The summed E-state index contributed by atoms with van der Waals surface area (Å²) >= 11 is 1.27. The van der Waals surface area contributed by atoms with Gasteiger partial charge in [0.25, 0.3) is 0 Å². The summed E-state index contributed by atoms with van der Waals surface area (Å²) < 4.78 is 66.3. The molecular formula is C21H22F3N5O4S2. The second-order valence-corrected chi connectivity index (χ2v) is 12.0. The molecule has 0 saturated carbocycles. The van der Waals surface area contributed by atoms with E-state index in [0.717, 1.165) is 16.4 Å². The average Bonchev–Trinajstić information content (AvgIpc) is 3.21. The van der Waals surface area contributed by atoms with Crippen LogP contribution in [-0.2, 0) is 26.4 Å². The van der Waals surface area contributed by atoms with E-state index in [2.05, 4.69) is 15.0 Å². The molecule has 3 aromatic rings. The molecule has 35 heavy (non-hydrogen) atoms. The lowest BCUT2D eigenvalue weighted by Gasteiger charge is -2.38. The van der Waals surface area contributed by atoms with E-state index in [9.17, 15) is 31.5 Å². The minimum Gasteiger partial charge on any atom is -0.480 e. The van der Waals surface area contributed by atoms with Crippen LogP contribution < -0.4 is 4.90 Å². The van der Waals surface area contributed by atoms with Crippen molar-refractivity contribution in [3.63, 3.8) is 0 Å². The number of carboxylic acid groups (broad SMARTS) is 1. The maximum absolute atomic E-state index is 13.1. The summed E-state index contributed by atoms with van der Waals surface area (Å²) in [5.41, 5.74) is -0.814. The Balaban J connectivity index is 1.60. The lowest BCUT2D eigenvalue weighted by Crippen LogP contribution is -2.58. The summed E-state index contributed by atoms with van der Waals surface area (Å²) in [5.74, 6) is -0.765. The standard InChI is InChI=1S/C21H22F3N5O4S2/c1-20(2,3)18-25-10-15-16(26-18)27-19(34-15)28-8-9-29(14(11-28)17(30)31)35(32,33)13-6-4-12(5-7-13)21(22,23)24/h4-7,10,14H,8-9,11H2,1-3H3,(H,30,31)/t14-/m1/s1. The van der Waals surface area contributed by atoms with E-state index in [0.29, 0.717) is 33.4 Å². The molecule has 1 atom stereocenters. The second-order valence-electron chi connectivity index (χ2n) is 9.07. The number of hydrogen-bond donors (Lipinski definition) is 1. The second kappa shape index (κ2) is 8.68.